The molecule has 1 saturated heterocycles. The molecule has 0 bridgehead atoms. The summed E-state index contributed by atoms with van der Waals surface area (Å²) in [5, 5.41) is 5.40. The lowest BCUT2D eigenvalue weighted by Crippen LogP contribution is -2.50. The summed E-state index contributed by atoms with van der Waals surface area (Å²) in [5.41, 5.74) is 2.38. The Morgan fingerprint density at radius 1 is 0.893 bits per heavy atom. The van der Waals surface area contributed by atoms with Gasteiger partial charge in [-0.05, 0) is 37.5 Å². The standard InChI is InChI=1S/C21H22N4O3/c26-20(17-14-16-6-3-4-8-25(16)22-17)23-9-11-24(12-10-23)21(27)19-13-15-5-1-2-7-18(15)28-19/h1-2,5,7,13-14H,3-4,6,8-12H2. The van der Waals surface area contributed by atoms with E-state index in [1.807, 2.05) is 35.0 Å². The van der Waals surface area contributed by atoms with Gasteiger partial charge in [-0.15, -0.1) is 0 Å². The lowest BCUT2D eigenvalue weighted by molar-refractivity contribution is 0.0516. The zero-order chi connectivity index (χ0) is 19.1. The summed E-state index contributed by atoms with van der Waals surface area (Å²) in [6.07, 6.45) is 3.26. The second-order valence-electron chi connectivity index (χ2n) is 7.43. The quantitative estimate of drug-likeness (QED) is 0.687. The Kier molecular flexibility index (Phi) is 4.15. The molecule has 4 heterocycles. The Morgan fingerprint density at radius 3 is 2.39 bits per heavy atom. The van der Waals surface area contributed by atoms with Crippen molar-refractivity contribution >= 4 is 22.8 Å². The van der Waals surface area contributed by atoms with Crippen LogP contribution < -0.4 is 0 Å². The average Bonchev–Trinajstić information content (AvgIpc) is 3.37. The Bertz CT molecular complexity index is 987. The molecule has 0 N–H and O–H groups in total. The van der Waals surface area contributed by atoms with E-state index < -0.39 is 0 Å². The SMILES string of the molecule is O=C(c1cc2n(n1)CCCC2)N1CCN(C(=O)c2cc3ccccc3o2)CC1. The first-order valence-electron chi connectivity index (χ1n) is 9.83. The van der Waals surface area contributed by atoms with E-state index in [-0.39, 0.29) is 11.8 Å². The van der Waals surface area contributed by atoms with Gasteiger partial charge < -0.3 is 14.2 Å². The van der Waals surface area contributed by atoms with Crippen LogP contribution in [0, 0.1) is 0 Å². The number of carbonyl (C=O) groups excluding carboxylic acids is 2. The van der Waals surface area contributed by atoms with E-state index in [4.69, 9.17) is 4.42 Å². The van der Waals surface area contributed by atoms with Crippen molar-refractivity contribution in [3.8, 4) is 0 Å². The van der Waals surface area contributed by atoms with Gasteiger partial charge >= 0.3 is 0 Å². The van der Waals surface area contributed by atoms with E-state index in [9.17, 15) is 9.59 Å². The molecule has 0 spiro atoms. The van der Waals surface area contributed by atoms with E-state index in [0.29, 0.717) is 43.2 Å². The van der Waals surface area contributed by atoms with Crippen LogP contribution in [-0.2, 0) is 13.0 Å². The van der Waals surface area contributed by atoms with E-state index in [0.717, 1.165) is 36.9 Å². The molecule has 0 radical (unpaired) electrons. The van der Waals surface area contributed by atoms with Crippen molar-refractivity contribution in [1.29, 1.82) is 0 Å². The first kappa shape index (κ1) is 17.0. The van der Waals surface area contributed by atoms with Crippen LogP contribution in [0.25, 0.3) is 11.0 Å². The molecular formula is C21H22N4O3. The van der Waals surface area contributed by atoms with Crippen LogP contribution in [0.5, 0.6) is 0 Å². The fraction of sp³-hybridized carbons (Fsp3) is 0.381. The van der Waals surface area contributed by atoms with Gasteiger partial charge in [0, 0.05) is 43.8 Å². The topological polar surface area (TPSA) is 71.6 Å². The smallest absolute Gasteiger partial charge is 0.289 e. The number of hydrogen-bond donors (Lipinski definition) is 0. The summed E-state index contributed by atoms with van der Waals surface area (Å²) in [6.45, 7) is 2.90. The molecule has 1 aromatic carbocycles. The van der Waals surface area contributed by atoms with Crippen molar-refractivity contribution in [2.24, 2.45) is 0 Å². The molecule has 5 rings (SSSR count). The summed E-state index contributed by atoms with van der Waals surface area (Å²) in [6, 6.07) is 11.3. The molecule has 0 aliphatic carbocycles. The van der Waals surface area contributed by atoms with Crippen LogP contribution in [0.1, 0.15) is 39.6 Å². The van der Waals surface area contributed by atoms with Crippen molar-refractivity contribution in [3.63, 3.8) is 0 Å². The zero-order valence-electron chi connectivity index (χ0n) is 15.6. The van der Waals surface area contributed by atoms with Gasteiger partial charge in [0.05, 0.1) is 0 Å². The number of amides is 2. The van der Waals surface area contributed by atoms with Crippen LogP contribution in [0.4, 0.5) is 0 Å². The van der Waals surface area contributed by atoms with Gasteiger partial charge in [0.25, 0.3) is 11.8 Å². The largest absolute Gasteiger partial charge is 0.451 e. The molecule has 2 aromatic heterocycles. The highest BCUT2D eigenvalue weighted by atomic mass is 16.3. The zero-order valence-corrected chi connectivity index (χ0v) is 15.6. The molecule has 1 fully saturated rings. The van der Waals surface area contributed by atoms with Crippen LogP contribution in [0.2, 0.25) is 0 Å². The number of piperazine rings is 1. The predicted octanol–water partition coefficient (Wildman–Crippen LogP) is 2.56. The highest BCUT2D eigenvalue weighted by molar-refractivity contribution is 5.96. The number of hydrogen-bond acceptors (Lipinski definition) is 4. The van der Waals surface area contributed by atoms with Crippen LogP contribution >= 0.6 is 0 Å². The highest BCUT2D eigenvalue weighted by Gasteiger charge is 2.28. The van der Waals surface area contributed by atoms with Gasteiger partial charge in [0.2, 0.25) is 0 Å². The van der Waals surface area contributed by atoms with E-state index in [1.165, 1.54) is 0 Å². The van der Waals surface area contributed by atoms with Crippen LogP contribution in [0.15, 0.2) is 40.8 Å². The van der Waals surface area contributed by atoms with Crippen molar-refractivity contribution < 1.29 is 14.0 Å². The molecule has 144 valence electrons. The molecule has 3 aromatic rings. The number of furan rings is 1. The maximum atomic E-state index is 12.8. The minimum absolute atomic E-state index is 0.0438. The third-order valence-electron chi connectivity index (χ3n) is 5.63. The lowest BCUT2D eigenvalue weighted by atomic mass is 10.1. The number of carbonyl (C=O) groups is 2. The molecule has 2 amide bonds. The lowest BCUT2D eigenvalue weighted by Gasteiger charge is -2.33. The molecule has 0 atom stereocenters. The second-order valence-corrected chi connectivity index (χ2v) is 7.43. The Balaban J connectivity index is 1.25. The molecule has 7 nitrogen and oxygen atoms in total. The third-order valence-corrected chi connectivity index (χ3v) is 5.63. The summed E-state index contributed by atoms with van der Waals surface area (Å²) in [4.78, 5) is 29.1. The van der Waals surface area contributed by atoms with Crippen molar-refractivity contribution in [3.05, 3.63) is 53.5 Å². The normalized spacial score (nSPS) is 17.0. The van der Waals surface area contributed by atoms with E-state index >= 15 is 0 Å². The third kappa shape index (κ3) is 2.96. The number of rotatable bonds is 2. The molecule has 2 aliphatic rings. The van der Waals surface area contributed by atoms with E-state index in [2.05, 4.69) is 5.10 Å². The maximum absolute atomic E-state index is 12.8. The number of aryl methyl sites for hydroxylation is 2. The van der Waals surface area contributed by atoms with Gasteiger partial charge in [0.1, 0.15) is 5.58 Å². The first-order chi connectivity index (χ1) is 13.7. The van der Waals surface area contributed by atoms with Crippen molar-refractivity contribution in [1.82, 2.24) is 19.6 Å². The minimum atomic E-state index is -0.124. The first-order valence-corrected chi connectivity index (χ1v) is 9.83. The fourth-order valence-electron chi connectivity index (χ4n) is 4.04. The molecule has 2 aliphatic heterocycles. The molecule has 0 unspecified atom stereocenters. The van der Waals surface area contributed by atoms with Gasteiger partial charge in [-0.3, -0.25) is 14.3 Å². The fourth-order valence-corrected chi connectivity index (χ4v) is 4.04. The van der Waals surface area contributed by atoms with Gasteiger partial charge in [-0.2, -0.15) is 5.10 Å². The number of aromatic nitrogens is 2. The summed E-state index contributed by atoms with van der Waals surface area (Å²) in [5.74, 6) is 0.182. The minimum Gasteiger partial charge on any atom is -0.451 e. The Hall–Kier alpha value is -3.09. The van der Waals surface area contributed by atoms with Crippen molar-refractivity contribution in [2.45, 2.75) is 25.8 Å². The van der Waals surface area contributed by atoms with Gasteiger partial charge in [-0.25, -0.2) is 0 Å². The number of para-hydroxylation sites is 1. The summed E-state index contributed by atoms with van der Waals surface area (Å²) < 4.78 is 7.65. The van der Waals surface area contributed by atoms with Crippen molar-refractivity contribution in [2.75, 3.05) is 26.2 Å². The Labute approximate surface area is 162 Å². The highest BCUT2D eigenvalue weighted by Crippen LogP contribution is 2.21. The molecule has 7 heteroatoms. The summed E-state index contributed by atoms with van der Waals surface area (Å²) >= 11 is 0. The molecule has 0 saturated carbocycles. The molecular weight excluding hydrogens is 356 g/mol. The predicted molar refractivity (Wildman–Crippen MR) is 103 cm³/mol. The maximum Gasteiger partial charge on any atom is 0.289 e. The summed E-state index contributed by atoms with van der Waals surface area (Å²) in [7, 11) is 0. The molecule has 28 heavy (non-hydrogen) atoms. The van der Waals surface area contributed by atoms with Crippen LogP contribution in [-0.4, -0.2) is 57.6 Å². The number of fused-ring (bicyclic) bond motifs is 2. The number of benzene rings is 1. The second kappa shape index (κ2) is 6.82. The average molecular weight is 378 g/mol. The monoisotopic (exact) mass is 378 g/mol. The van der Waals surface area contributed by atoms with Gasteiger partial charge in [-0.1, -0.05) is 18.2 Å². The number of nitrogens with zero attached hydrogens (tertiary/aromatic N) is 4. The van der Waals surface area contributed by atoms with Crippen LogP contribution in [0.3, 0.4) is 0 Å². The van der Waals surface area contributed by atoms with Gasteiger partial charge in [0.15, 0.2) is 11.5 Å². The van der Waals surface area contributed by atoms with E-state index in [1.54, 1.807) is 15.9 Å². The Morgan fingerprint density at radius 2 is 1.64 bits per heavy atom.